The molecule has 0 aliphatic heterocycles. The van der Waals surface area contributed by atoms with Gasteiger partial charge < -0.3 is 4.74 Å². The van der Waals surface area contributed by atoms with E-state index in [-0.39, 0.29) is 5.97 Å². The third-order valence-corrected chi connectivity index (χ3v) is 4.72. The Morgan fingerprint density at radius 1 is 1.44 bits per heavy atom. The number of thioether (sulfide) groups is 2. The zero-order chi connectivity index (χ0) is 13.5. The Morgan fingerprint density at radius 3 is 2.72 bits per heavy atom. The molecule has 1 aromatic heterocycles. The molecule has 18 heavy (non-hydrogen) atoms. The van der Waals surface area contributed by atoms with Crippen LogP contribution in [0, 0.1) is 0 Å². The second kappa shape index (κ2) is 7.81. The van der Waals surface area contributed by atoms with Gasteiger partial charge in [-0.3, -0.25) is 0 Å². The van der Waals surface area contributed by atoms with Gasteiger partial charge >= 0.3 is 5.97 Å². The van der Waals surface area contributed by atoms with Gasteiger partial charge in [0.15, 0.2) is 8.68 Å². The first-order valence-electron chi connectivity index (χ1n) is 5.44. The average Bonchev–Trinajstić information content (AvgIpc) is 2.70. The van der Waals surface area contributed by atoms with Crippen molar-refractivity contribution in [2.24, 2.45) is 0 Å². The topological polar surface area (TPSA) is 52.1 Å². The maximum Gasteiger partial charge on any atom is 0.333 e. The largest absolute Gasteiger partial charge is 0.461 e. The summed E-state index contributed by atoms with van der Waals surface area (Å²) in [6.07, 6.45) is 0. The van der Waals surface area contributed by atoms with Crippen LogP contribution in [0.25, 0.3) is 0 Å². The van der Waals surface area contributed by atoms with Gasteiger partial charge in [-0.05, 0) is 6.92 Å². The van der Waals surface area contributed by atoms with Crippen molar-refractivity contribution in [3.8, 4) is 0 Å². The molecular weight excluding hydrogens is 288 g/mol. The predicted molar refractivity (Wildman–Crippen MR) is 77.4 cm³/mol. The minimum atomic E-state index is -0.344. The summed E-state index contributed by atoms with van der Waals surface area (Å²) in [5.74, 6) is 0.337. The van der Waals surface area contributed by atoms with E-state index in [1.807, 2.05) is 0 Å². The standard InChI is InChI=1S/C11H16N2O2S3/c1-7(2)9(14)15-5-6-16-10-12-13-11(18-10)17-8(3)4/h8H,1,5-6H2,2-4H3. The van der Waals surface area contributed by atoms with E-state index in [0.717, 1.165) is 8.68 Å². The van der Waals surface area contributed by atoms with E-state index in [9.17, 15) is 4.79 Å². The van der Waals surface area contributed by atoms with Gasteiger partial charge in [-0.2, -0.15) is 0 Å². The first-order chi connectivity index (χ1) is 8.49. The molecule has 0 aliphatic carbocycles. The zero-order valence-corrected chi connectivity index (χ0v) is 13.1. The second-order valence-electron chi connectivity index (χ2n) is 3.77. The van der Waals surface area contributed by atoms with Crippen LogP contribution in [0.1, 0.15) is 20.8 Å². The number of hydrogen-bond acceptors (Lipinski definition) is 7. The third-order valence-electron chi connectivity index (χ3n) is 1.61. The van der Waals surface area contributed by atoms with Crippen molar-refractivity contribution in [3.05, 3.63) is 12.2 Å². The molecule has 0 unspecified atom stereocenters. The van der Waals surface area contributed by atoms with Crippen molar-refractivity contribution in [2.45, 2.75) is 34.7 Å². The molecule has 1 heterocycles. The van der Waals surface area contributed by atoms with E-state index < -0.39 is 0 Å². The van der Waals surface area contributed by atoms with Gasteiger partial charge in [-0.25, -0.2) is 4.79 Å². The quantitative estimate of drug-likeness (QED) is 0.333. The van der Waals surface area contributed by atoms with Crippen molar-refractivity contribution in [3.63, 3.8) is 0 Å². The van der Waals surface area contributed by atoms with E-state index in [0.29, 0.717) is 23.2 Å². The van der Waals surface area contributed by atoms with Gasteiger partial charge in [-0.1, -0.05) is 55.3 Å². The minimum absolute atomic E-state index is 0.344. The van der Waals surface area contributed by atoms with E-state index in [1.54, 1.807) is 41.8 Å². The highest BCUT2D eigenvalue weighted by Gasteiger charge is 2.08. The highest BCUT2D eigenvalue weighted by molar-refractivity contribution is 8.03. The summed E-state index contributed by atoms with van der Waals surface area (Å²) in [6.45, 7) is 9.76. The lowest BCUT2D eigenvalue weighted by atomic mass is 10.4. The van der Waals surface area contributed by atoms with Crippen molar-refractivity contribution >= 4 is 40.8 Å². The molecule has 0 aliphatic rings. The fourth-order valence-electron chi connectivity index (χ4n) is 0.891. The van der Waals surface area contributed by atoms with Crippen LogP contribution in [0.4, 0.5) is 0 Å². The number of nitrogens with zero attached hydrogens (tertiary/aromatic N) is 2. The Kier molecular flexibility index (Phi) is 6.73. The molecule has 0 spiro atoms. The van der Waals surface area contributed by atoms with Gasteiger partial charge in [0.2, 0.25) is 0 Å². The lowest BCUT2D eigenvalue weighted by molar-refractivity contribution is -0.138. The molecule has 0 aromatic carbocycles. The van der Waals surface area contributed by atoms with E-state index in [2.05, 4.69) is 30.6 Å². The van der Waals surface area contributed by atoms with Crippen LogP contribution in [-0.2, 0) is 9.53 Å². The van der Waals surface area contributed by atoms with Gasteiger partial charge in [0.1, 0.15) is 6.61 Å². The average molecular weight is 304 g/mol. The summed E-state index contributed by atoms with van der Waals surface area (Å²) in [4.78, 5) is 11.1. The summed E-state index contributed by atoms with van der Waals surface area (Å²) in [7, 11) is 0. The Morgan fingerprint density at radius 2 is 2.11 bits per heavy atom. The summed E-state index contributed by atoms with van der Waals surface area (Å²) >= 11 is 4.82. The highest BCUT2D eigenvalue weighted by atomic mass is 32.2. The molecule has 0 amide bonds. The van der Waals surface area contributed by atoms with Crippen molar-refractivity contribution in [1.82, 2.24) is 10.2 Å². The van der Waals surface area contributed by atoms with Crippen LogP contribution in [-0.4, -0.2) is 33.8 Å². The molecule has 100 valence electrons. The number of esters is 1. The van der Waals surface area contributed by atoms with Gasteiger partial charge in [0.25, 0.3) is 0 Å². The second-order valence-corrected chi connectivity index (χ2v) is 7.91. The molecular formula is C11H16N2O2S3. The normalized spacial score (nSPS) is 10.7. The smallest absolute Gasteiger partial charge is 0.333 e. The maximum absolute atomic E-state index is 11.1. The Hall–Kier alpha value is -0.530. The van der Waals surface area contributed by atoms with E-state index >= 15 is 0 Å². The van der Waals surface area contributed by atoms with Crippen LogP contribution in [0.5, 0.6) is 0 Å². The van der Waals surface area contributed by atoms with Crippen LogP contribution >= 0.6 is 34.9 Å². The monoisotopic (exact) mass is 304 g/mol. The molecule has 1 aromatic rings. The number of rotatable bonds is 7. The number of carbonyl (C=O) groups excluding carboxylic acids is 1. The minimum Gasteiger partial charge on any atom is -0.461 e. The molecule has 0 bridgehead atoms. The first-order valence-corrected chi connectivity index (χ1v) is 8.13. The van der Waals surface area contributed by atoms with Crippen LogP contribution < -0.4 is 0 Å². The summed E-state index contributed by atoms with van der Waals surface area (Å²) in [6, 6.07) is 0. The molecule has 4 nitrogen and oxygen atoms in total. The lowest BCUT2D eigenvalue weighted by Crippen LogP contribution is -2.07. The summed E-state index contributed by atoms with van der Waals surface area (Å²) < 4.78 is 6.87. The zero-order valence-electron chi connectivity index (χ0n) is 10.6. The Bertz CT molecular complexity index is 418. The van der Waals surface area contributed by atoms with Gasteiger partial charge in [-0.15, -0.1) is 10.2 Å². The Labute approximate surface area is 120 Å². The summed E-state index contributed by atoms with van der Waals surface area (Å²) in [5.41, 5.74) is 0.423. The maximum atomic E-state index is 11.1. The number of hydrogen-bond donors (Lipinski definition) is 0. The van der Waals surface area contributed by atoms with Crippen LogP contribution in [0.15, 0.2) is 20.8 Å². The molecule has 0 N–H and O–H groups in total. The molecule has 0 fully saturated rings. The SMILES string of the molecule is C=C(C)C(=O)OCCSc1nnc(SC(C)C)s1. The van der Waals surface area contributed by atoms with Crippen molar-refractivity contribution in [2.75, 3.05) is 12.4 Å². The third kappa shape index (κ3) is 5.88. The molecule has 7 heteroatoms. The fourth-order valence-corrected chi connectivity index (χ4v) is 4.02. The van der Waals surface area contributed by atoms with Gasteiger partial charge in [0.05, 0.1) is 0 Å². The number of ether oxygens (including phenoxy) is 1. The van der Waals surface area contributed by atoms with E-state index in [1.165, 1.54) is 0 Å². The van der Waals surface area contributed by atoms with Gasteiger partial charge in [0, 0.05) is 16.6 Å². The Balaban J connectivity index is 2.25. The van der Waals surface area contributed by atoms with E-state index in [4.69, 9.17) is 4.74 Å². The highest BCUT2D eigenvalue weighted by Crippen LogP contribution is 2.30. The number of carbonyl (C=O) groups is 1. The molecule has 1 rings (SSSR count). The van der Waals surface area contributed by atoms with Crippen LogP contribution in [0.2, 0.25) is 0 Å². The van der Waals surface area contributed by atoms with Crippen LogP contribution in [0.3, 0.4) is 0 Å². The molecule has 0 radical (unpaired) electrons. The fraction of sp³-hybridized carbons (Fsp3) is 0.545. The lowest BCUT2D eigenvalue weighted by Gasteiger charge is -2.02. The first kappa shape index (κ1) is 15.5. The number of aromatic nitrogens is 2. The van der Waals surface area contributed by atoms with Crippen molar-refractivity contribution < 1.29 is 9.53 Å². The molecule has 0 saturated heterocycles. The predicted octanol–water partition coefficient (Wildman–Crippen LogP) is 3.25. The molecule has 0 saturated carbocycles. The van der Waals surface area contributed by atoms with Crippen molar-refractivity contribution in [1.29, 1.82) is 0 Å². The summed E-state index contributed by atoms with van der Waals surface area (Å²) in [5, 5.41) is 8.67. The molecule has 0 atom stereocenters.